The van der Waals surface area contributed by atoms with Crippen LogP contribution >= 0.6 is 0 Å². The number of nitrogens with two attached hydrogens (primary N) is 1. The van der Waals surface area contributed by atoms with E-state index in [0.29, 0.717) is 11.1 Å². The van der Waals surface area contributed by atoms with Gasteiger partial charge in [0, 0.05) is 18.0 Å². The predicted octanol–water partition coefficient (Wildman–Crippen LogP) is 0.0241. The summed E-state index contributed by atoms with van der Waals surface area (Å²) < 4.78 is 0. The zero-order valence-corrected chi connectivity index (χ0v) is 10.6. The lowest BCUT2D eigenvalue weighted by Crippen LogP contribution is -2.36. The topological polar surface area (TPSA) is 92.4 Å². The number of carbonyl (C=O) groups excluding carboxylic acids is 2. The van der Waals surface area contributed by atoms with Crippen molar-refractivity contribution in [2.45, 2.75) is 19.4 Å². The predicted molar refractivity (Wildman–Crippen MR) is 71.1 cm³/mol. The maximum Gasteiger partial charge on any atom is 0.252 e. The molecule has 5 nitrogen and oxygen atoms in total. The largest absolute Gasteiger partial charge is 0.384 e. The number of nitrogens with one attached hydrogen (secondary N) is 1. The summed E-state index contributed by atoms with van der Waals surface area (Å²) in [6, 6.07) is 6.45. The van der Waals surface area contributed by atoms with E-state index in [1.54, 1.807) is 31.2 Å². The number of primary amides is 1. The lowest BCUT2D eigenvalue weighted by Gasteiger charge is -2.12. The first-order valence-corrected chi connectivity index (χ1v) is 5.82. The minimum absolute atomic E-state index is 0.0796. The molecule has 4 N–H and O–H groups in total. The van der Waals surface area contributed by atoms with Crippen LogP contribution in [0.5, 0.6) is 0 Å². The third-order valence-corrected chi connectivity index (χ3v) is 2.36. The molecular formula is C14H16N2O3. The highest BCUT2D eigenvalue weighted by atomic mass is 16.2. The normalized spacial score (nSPS) is 11.1. The van der Waals surface area contributed by atoms with Crippen molar-refractivity contribution in [1.29, 1.82) is 0 Å². The molecule has 0 heterocycles. The van der Waals surface area contributed by atoms with Crippen LogP contribution in [-0.2, 0) is 4.79 Å². The van der Waals surface area contributed by atoms with Gasteiger partial charge in [-0.1, -0.05) is 24.0 Å². The first kappa shape index (κ1) is 14.7. The molecule has 1 rings (SSSR count). The van der Waals surface area contributed by atoms with Gasteiger partial charge in [-0.15, -0.1) is 0 Å². The molecule has 0 aromatic heterocycles. The maximum absolute atomic E-state index is 12.0. The van der Waals surface area contributed by atoms with Crippen molar-refractivity contribution < 1.29 is 14.7 Å². The second kappa shape index (κ2) is 7.19. The molecule has 2 amide bonds. The second-order valence-corrected chi connectivity index (χ2v) is 4.05. The zero-order valence-electron chi connectivity index (χ0n) is 10.6. The van der Waals surface area contributed by atoms with Gasteiger partial charge in [0.1, 0.15) is 6.61 Å². The molecule has 1 atom stereocenters. The van der Waals surface area contributed by atoms with Crippen molar-refractivity contribution in [1.82, 2.24) is 5.32 Å². The van der Waals surface area contributed by atoms with Crippen LogP contribution in [0.3, 0.4) is 0 Å². The van der Waals surface area contributed by atoms with E-state index >= 15 is 0 Å². The molecule has 0 saturated heterocycles. The monoisotopic (exact) mass is 260 g/mol. The zero-order chi connectivity index (χ0) is 14.3. The molecule has 0 aliphatic carbocycles. The van der Waals surface area contributed by atoms with Crippen molar-refractivity contribution in [3.8, 4) is 11.8 Å². The third-order valence-electron chi connectivity index (χ3n) is 2.36. The SMILES string of the molecule is CC(CC(N)=O)NC(=O)c1ccccc1C#CCO. The molecule has 0 radical (unpaired) electrons. The van der Waals surface area contributed by atoms with E-state index in [-0.39, 0.29) is 25.0 Å². The second-order valence-electron chi connectivity index (χ2n) is 4.05. The molecule has 0 aliphatic rings. The number of rotatable bonds is 4. The molecule has 1 aromatic carbocycles. The van der Waals surface area contributed by atoms with Gasteiger partial charge in [0.25, 0.3) is 5.91 Å². The van der Waals surface area contributed by atoms with Crippen molar-refractivity contribution >= 4 is 11.8 Å². The Morgan fingerprint density at radius 3 is 2.74 bits per heavy atom. The molecule has 0 spiro atoms. The van der Waals surface area contributed by atoms with Crippen LogP contribution in [0.1, 0.15) is 29.3 Å². The summed E-state index contributed by atoms with van der Waals surface area (Å²) in [6.07, 6.45) is 0.0796. The number of benzene rings is 1. The smallest absolute Gasteiger partial charge is 0.252 e. The minimum Gasteiger partial charge on any atom is -0.384 e. The van der Waals surface area contributed by atoms with Gasteiger partial charge in [0.05, 0.1) is 5.56 Å². The molecule has 100 valence electrons. The maximum atomic E-state index is 12.0. The van der Waals surface area contributed by atoms with Gasteiger partial charge >= 0.3 is 0 Å². The van der Waals surface area contributed by atoms with Gasteiger partial charge in [-0.2, -0.15) is 0 Å². The molecular weight excluding hydrogens is 244 g/mol. The van der Waals surface area contributed by atoms with Gasteiger partial charge < -0.3 is 16.2 Å². The van der Waals surface area contributed by atoms with Crippen LogP contribution in [0.15, 0.2) is 24.3 Å². The van der Waals surface area contributed by atoms with Crippen LogP contribution in [0, 0.1) is 11.8 Å². The molecule has 1 unspecified atom stereocenters. The molecule has 0 aliphatic heterocycles. The van der Waals surface area contributed by atoms with Gasteiger partial charge in [0.2, 0.25) is 5.91 Å². The summed E-state index contributed by atoms with van der Waals surface area (Å²) in [5.74, 6) is 4.41. The Labute approximate surface area is 111 Å². The molecule has 19 heavy (non-hydrogen) atoms. The van der Waals surface area contributed by atoms with Crippen molar-refractivity contribution in [2.24, 2.45) is 5.73 Å². The summed E-state index contributed by atoms with van der Waals surface area (Å²) >= 11 is 0. The van der Waals surface area contributed by atoms with Crippen molar-refractivity contribution in [2.75, 3.05) is 6.61 Å². The molecule has 0 bridgehead atoms. The van der Waals surface area contributed by atoms with E-state index in [1.165, 1.54) is 0 Å². The fraction of sp³-hybridized carbons (Fsp3) is 0.286. The van der Waals surface area contributed by atoms with Crippen LogP contribution in [0.4, 0.5) is 0 Å². The van der Waals surface area contributed by atoms with E-state index in [1.807, 2.05) is 0 Å². The van der Waals surface area contributed by atoms with E-state index in [2.05, 4.69) is 17.2 Å². The van der Waals surface area contributed by atoms with Crippen LogP contribution in [0.25, 0.3) is 0 Å². The standard InChI is InChI=1S/C14H16N2O3/c1-10(9-13(15)18)16-14(19)12-7-3-2-5-11(12)6-4-8-17/h2-3,5,7,10,17H,8-9H2,1H3,(H2,15,18)(H,16,19). The van der Waals surface area contributed by atoms with Crippen molar-refractivity contribution in [3.63, 3.8) is 0 Å². The lowest BCUT2D eigenvalue weighted by molar-refractivity contribution is -0.118. The Kier molecular flexibility index (Phi) is 5.58. The van der Waals surface area contributed by atoms with E-state index in [0.717, 1.165) is 0 Å². The lowest BCUT2D eigenvalue weighted by atomic mass is 10.1. The van der Waals surface area contributed by atoms with E-state index in [9.17, 15) is 9.59 Å². The average molecular weight is 260 g/mol. The molecule has 0 fully saturated rings. The quantitative estimate of drug-likeness (QED) is 0.666. The Morgan fingerprint density at radius 1 is 1.42 bits per heavy atom. The van der Waals surface area contributed by atoms with Gasteiger partial charge in [-0.25, -0.2) is 0 Å². The van der Waals surface area contributed by atoms with Crippen LogP contribution in [0.2, 0.25) is 0 Å². The van der Waals surface area contributed by atoms with Gasteiger partial charge in [-0.05, 0) is 19.1 Å². The van der Waals surface area contributed by atoms with Gasteiger partial charge in [-0.3, -0.25) is 9.59 Å². The summed E-state index contributed by atoms with van der Waals surface area (Å²) in [7, 11) is 0. The van der Waals surface area contributed by atoms with Crippen LogP contribution < -0.4 is 11.1 Å². The summed E-state index contributed by atoms with van der Waals surface area (Å²) in [5.41, 5.74) is 5.99. The Bertz CT molecular complexity index is 529. The number of aliphatic hydroxyl groups is 1. The summed E-state index contributed by atoms with van der Waals surface area (Å²) in [4.78, 5) is 22.8. The average Bonchev–Trinajstić information content (AvgIpc) is 2.35. The number of aliphatic hydroxyl groups excluding tert-OH is 1. The first-order valence-electron chi connectivity index (χ1n) is 5.82. The molecule has 0 saturated carbocycles. The van der Waals surface area contributed by atoms with Gasteiger partial charge in [0.15, 0.2) is 0 Å². The Morgan fingerprint density at radius 2 is 2.11 bits per heavy atom. The number of carbonyl (C=O) groups is 2. The fourth-order valence-electron chi connectivity index (χ4n) is 1.58. The van der Waals surface area contributed by atoms with E-state index < -0.39 is 5.91 Å². The molecule has 5 heteroatoms. The van der Waals surface area contributed by atoms with E-state index in [4.69, 9.17) is 10.8 Å². The van der Waals surface area contributed by atoms with Crippen LogP contribution in [-0.4, -0.2) is 29.6 Å². The summed E-state index contributed by atoms with van der Waals surface area (Å²) in [6.45, 7) is 1.43. The highest BCUT2D eigenvalue weighted by Gasteiger charge is 2.13. The Balaban J connectivity index is 2.85. The number of amides is 2. The highest BCUT2D eigenvalue weighted by Crippen LogP contribution is 2.08. The number of hydrogen-bond acceptors (Lipinski definition) is 3. The fourth-order valence-corrected chi connectivity index (χ4v) is 1.58. The third kappa shape index (κ3) is 4.82. The summed E-state index contributed by atoms with van der Waals surface area (Å²) in [5, 5.41) is 11.4. The first-order chi connectivity index (χ1) is 9.04. The number of hydrogen-bond donors (Lipinski definition) is 3. The molecule has 1 aromatic rings. The van der Waals surface area contributed by atoms with Crippen molar-refractivity contribution in [3.05, 3.63) is 35.4 Å². The Hall–Kier alpha value is -2.32. The highest BCUT2D eigenvalue weighted by molar-refractivity contribution is 5.97. The minimum atomic E-state index is -0.471.